The van der Waals surface area contributed by atoms with Gasteiger partial charge in [-0.2, -0.15) is 13.2 Å². The number of carbonyl (C=O) groups excluding carboxylic acids is 1. The van der Waals surface area contributed by atoms with E-state index in [4.69, 9.17) is 10.5 Å². The van der Waals surface area contributed by atoms with E-state index in [0.29, 0.717) is 23.2 Å². The molecule has 0 spiro atoms. The first-order chi connectivity index (χ1) is 9.78. The fourth-order valence-corrected chi connectivity index (χ4v) is 2.39. The Labute approximate surface area is 124 Å². The molecule has 1 aromatic heterocycles. The number of methoxy groups -OCH3 is 1. The Bertz CT molecular complexity index is 479. The van der Waals surface area contributed by atoms with Crippen LogP contribution in [0.3, 0.4) is 0 Å². The van der Waals surface area contributed by atoms with Crippen LogP contribution in [0.4, 0.5) is 24.1 Å². The first kappa shape index (κ1) is 17.5. The molecule has 0 aliphatic carbocycles. The summed E-state index contributed by atoms with van der Waals surface area (Å²) in [4.78, 5) is 16.7. The van der Waals surface area contributed by atoms with Crippen LogP contribution in [0.15, 0.2) is 0 Å². The summed E-state index contributed by atoms with van der Waals surface area (Å²) in [5.41, 5.74) is 5.60. The molecule has 0 unspecified atom stereocenters. The van der Waals surface area contributed by atoms with Crippen molar-refractivity contribution in [3.05, 3.63) is 4.88 Å². The highest BCUT2D eigenvalue weighted by atomic mass is 32.1. The fourth-order valence-electron chi connectivity index (χ4n) is 1.51. The zero-order chi connectivity index (χ0) is 16.0. The van der Waals surface area contributed by atoms with E-state index in [2.05, 4.69) is 10.3 Å². The van der Waals surface area contributed by atoms with E-state index in [1.54, 1.807) is 0 Å². The number of carbonyl (C=O) groups is 1. The van der Waals surface area contributed by atoms with Crippen molar-refractivity contribution in [1.82, 2.24) is 9.88 Å². The van der Waals surface area contributed by atoms with Gasteiger partial charge in [0.05, 0.1) is 6.61 Å². The van der Waals surface area contributed by atoms with Crippen LogP contribution in [0, 0.1) is 0 Å². The number of nitrogens with one attached hydrogen (secondary N) is 1. The number of hydrogen-bond acceptors (Lipinski definition) is 6. The van der Waals surface area contributed by atoms with E-state index in [1.165, 1.54) is 14.0 Å². The number of hydrogen-bond donors (Lipinski definition) is 2. The van der Waals surface area contributed by atoms with Crippen LogP contribution in [0.5, 0.6) is 0 Å². The lowest BCUT2D eigenvalue weighted by atomic mass is 10.4. The Kier molecular flexibility index (Phi) is 6.21. The third kappa shape index (κ3) is 5.38. The molecule has 0 aliphatic rings. The van der Waals surface area contributed by atoms with Crippen LogP contribution < -0.4 is 11.1 Å². The van der Waals surface area contributed by atoms with Gasteiger partial charge in [-0.3, -0.25) is 4.79 Å². The van der Waals surface area contributed by atoms with E-state index in [9.17, 15) is 18.0 Å². The smallest absolute Gasteiger partial charge is 0.383 e. The number of nitrogen functional groups attached to an aromatic ring is 1. The third-order valence-corrected chi connectivity index (χ3v) is 3.49. The van der Waals surface area contributed by atoms with Gasteiger partial charge in [-0.05, 0) is 6.92 Å². The highest BCUT2D eigenvalue weighted by molar-refractivity contribution is 7.18. The standard InChI is InChI=1S/C11H17F3N4O2S/c1-3-18(6-11(12,13)14)9(19)7-8(15)17-10(21-7)16-4-5-20-2/h3-6,15H2,1-2H3,(H,16,17). The zero-order valence-electron chi connectivity index (χ0n) is 11.7. The summed E-state index contributed by atoms with van der Waals surface area (Å²) in [6, 6.07) is 0. The number of nitrogens with zero attached hydrogens (tertiary/aromatic N) is 2. The molecular weight excluding hydrogens is 309 g/mol. The summed E-state index contributed by atoms with van der Waals surface area (Å²) >= 11 is 0.926. The molecular formula is C11H17F3N4O2S. The molecule has 1 amide bonds. The second kappa shape index (κ2) is 7.46. The third-order valence-electron chi connectivity index (χ3n) is 2.47. The lowest BCUT2D eigenvalue weighted by Gasteiger charge is -2.21. The molecule has 0 saturated carbocycles. The minimum atomic E-state index is -4.45. The molecule has 1 aromatic rings. The summed E-state index contributed by atoms with van der Waals surface area (Å²) in [6.45, 7) is 0.974. The number of rotatable bonds is 7. The summed E-state index contributed by atoms with van der Waals surface area (Å²) < 4.78 is 42.1. The van der Waals surface area contributed by atoms with Crippen LogP contribution in [-0.4, -0.2) is 55.3 Å². The highest BCUT2D eigenvalue weighted by Crippen LogP contribution is 2.27. The maximum atomic E-state index is 12.4. The average Bonchev–Trinajstić information content (AvgIpc) is 2.75. The SMILES string of the molecule is CCN(CC(F)(F)F)C(=O)c1sc(NCCOC)nc1N. The second-order valence-corrected chi connectivity index (χ2v) is 5.09. The number of halogens is 3. The first-order valence-electron chi connectivity index (χ1n) is 6.13. The molecule has 0 radical (unpaired) electrons. The van der Waals surface area contributed by atoms with Crippen molar-refractivity contribution in [1.29, 1.82) is 0 Å². The number of aromatic nitrogens is 1. The molecule has 1 rings (SSSR count). The minimum absolute atomic E-state index is 0.000942. The number of amides is 1. The van der Waals surface area contributed by atoms with Crippen LogP contribution >= 0.6 is 11.3 Å². The molecule has 0 saturated heterocycles. The van der Waals surface area contributed by atoms with Crippen molar-refractivity contribution in [3.8, 4) is 0 Å². The van der Waals surface area contributed by atoms with Gasteiger partial charge in [0.2, 0.25) is 0 Å². The number of thiazole rings is 1. The van der Waals surface area contributed by atoms with Gasteiger partial charge in [-0.15, -0.1) is 0 Å². The predicted molar refractivity (Wildman–Crippen MR) is 74.5 cm³/mol. The Morgan fingerprint density at radius 2 is 2.19 bits per heavy atom. The van der Waals surface area contributed by atoms with E-state index < -0.39 is 18.6 Å². The monoisotopic (exact) mass is 326 g/mol. The number of ether oxygens (including phenoxy) is 1. The maximum absolute atomic E-state index is 12.4. The van der Waals surface area contributed by atoms with Crippen LogP contribution in [0.1, 0.15) is 16.6 Å². The van der Waals surface area contributed by atoms with Crippen molar-refractivity contribution < 1.29 is 22.7 Å². The highest BCUT2D eigenvalue weighted by Gasteiger charge is 2.33. The van der Waals surface area contributed by atoms with Crippen molar-refractivity contribution in [2.45, 2.75) is 13.1 Å². The van der Waals surface area contributed by atoms with E-state index >= 15 is 0 Å². The summed E-state index contributed by atoms with van der Waals surface area (Å²) in [5.74, 6) is -0.852. The number of anilines is 2. The lowest BCUT2D eigenvalue weighted by Crippen LogP contribution is -2.38. The average molecular weight is 326 g/mol. The van der Waals surface area contributed by atoms with E-state index in [1.807, 2.05) is 0 Å². The predicted octanol–water partition coefficient (Wildman–Crippen LogP) is 1.81. The Morgan fingerprint density at radius 3 is 2.71 bits per heavy atom. The van der Waals surface area contributed by atoms with Crippen molar-refractivity contribution in [2.75, 3.05) is 44.4 Å². The Morgan fingerprint density at radius 1 is 1.52 bits per heavy atom. The van der Waals surface area contributed by atoms with Crippen LogP contribution in [0.2, 0.25) is 0 Å². The van der Waals surface area contributed by atoms with Gasteiger partial charge in [0, 0.05) is 20.2 Å². The summed E-state index contributed by atoms with van der Waals surface area (Å²) in [7, 11) is 1.53. The van der Waals surface area contributed by atoms with Gasteiger partial charge in [0.25, 0.3) is 5.91 Å². The van der Waals surface area contributed by atoms with Crippen molar-refractivity contribution in [3.63, 3.8) is 0 Å². The molecule has 10 heteroatoms. The molecule has 1 heterocycles. The normalized spacial score (nSPS) is 11.5. The zero-order valence-corrected chi connectivity index (χ0v) is 12.5. The number of alkyl halides is 3. The quantitative estimate of drug-likeness (QED) is 0.747. The van der Waals surface area contributed by atoms with Crippen molar-refractivity contribution in [2.24, 2.45) is 0 Å². The number of nitrogens with two attached hydrogens (primary N) is 1. The first-order valence-corrected chi connectivity index (χ1v) is 6.95. The van der Waals surface area contributed by atoms with Gasteiger partial charge < -0.3 is 20.7 Å². The van der Waals surface area contributed by atoms with Crippen molar-refractivity contribution >= 4 is 28.2 Å². The molecule has 0 aliphatic heterocycles. The van der Waals surface area contributed by atoms with Gasteiger partial charge in [-0.25, -0.2) is 4.98 Å². The van der Waals surface area contributed by atoms with E-state index in [0.717, 1.165) is 11.3 Å². The Balaban J connectivity index is 2.81. The summed E-state index contributed by atoms with van der Waals surface area (Å²) in [5, 5.41) is 3.25. The molecule has 21 heavy (non-hydrogen) atoms. The molecule has 120 valence electrons. The van der Waals surface area contributed by atoms with Crippen LogP contribution in [-0.2, 0) is 4.74 Å². The van der Waals surface area contributed by atoms with Gasteiger partial charge in [0.15, 0.2) is 5.13 Å². The fraction of sp³-hybridized carbons (Fsp3) is 0.636. The molecule has 6 nitrogen and oxygen atoms in total. The van der Waals surface area contributed by atoms with Gasteiger partial charge in [0.1, 0.15) is 17.2 Å². The summed E-state index contributed by atoms with van der Waals surface area (Å²) in [6.07, 6.45) is -4.45. The molecule has 0 bridgehead atoms. The minimum Gasteiger partial charge on any atom is -0.383 e. The van der Waals surface area contributed by atoms with Crippen LogP contribution in [0.25, 0.3) is 0 Å². The largest absolute Gasteiger partial charge is 0.406 e. The van der Waals surface area contributed by atoms with E-state index in [-0.39, 0.29) is 17.2 Å². The topological polar surface area (TPSA) is 80.5 Å². The second-order valence-electron chi connectivity index (χ2n) is 4.09. The van der Waals surface area contributed by atoms with Gasteiger partial charge in [-0.1, -0.05) is 11.3 Å². The molecule has 0 atom stereocenters. The molecule has 0 aromatic carbocycles. The molecule has 3 N–H and O–H groups in total. The van der Waals surface area contributed by atoms with Gasteiger partial charge >= 0.3 is 6.18 Å². The lowest BCUT2D eigenvalue weighted by molar-refractivity contribution is -0.140. The maximum Gasteiger partial charge on any atom is 0.406 e. The Hall–Kier alpha value is -1.55. The molecule has 0 fully saturated rings.